The molecule has 116 valence electrons. The van der Waals surface area contributed by atoms with Crippen LogP contribution in [0, 0.1) is 39.9 Å². The van der Waals surface area contributed by atoms with Crippen molar-refractivity contribution >= 4 is 5.78 Å². The molecule has 0 bridgehead atoms. The van der Waals surface area contributed by atoms with E-state index in [1.54, 1.807) is 0 Å². The lowest BCUT2D eigenvalue weighted by Crippen LogP contribution is -2.47. The fourth-order valence-corrected chi connectivity index (χ4v) is 8.14. The fraction of sp³-hybridized carbons (Fsp3) is 0.947. The molecule has 5 saturated carbocycles. The molecule has 0 saturated heterocycles. The Morgan fingerprint density at radius 2 is 1.90 bits per heavy atom. The molecule has 0 aromatic rings. The van der Waals surface area contributed by atoms with E-state index in [0.717, 1.165) is 43.4 Å². The SMILES string of the molecule is C[C@]12CCC(=O)C[C@@H]1CC1[C@@H]3[C@@H]2CC[C@]2(C)[C@@H](O)CC[C@]132. The van der Waals surface area contributed by atoms with Gasteiger partial charge in [0.1, 0.15) is 5.78 Å². The van der Waals surface area contributed by atoms with Crippen LogP contribution in [0.2, 0.25) is 0 Å². The Bertz CT molecular complexity index is 528. The van der Waals surface area contributed by atoms with Gasteiger partial charge in [-0.25, -0.2) is 0 Å². The lowest BCUT2D eigenvalue weighted by atomic mass is 9.52. The first-order valence-corrected chi connectivity index (χ1v) is 9.13. The third kappa shape index (κ3) is 1.22. The van der Waals surface area contributed by atoms with Crippen molar-refractivity contribution in [2.45, 2.75) is 71.3 Å². The highest BCUT2D eigenvalue weighted by Gasteiger charge is 2.82. The Hall–Kier alpha value is -0.370. The van der Waals surface area contributed by atoms with Gasteiger partial charge >= 0.3 is 0 Å². The number of aliphatic hydroxyl groups is 1. The first kappa shape index (κ1) is 13.1. The van der Waals surface area contributed by atoms with Crippen LogP contribution < -0.4 is 0 Å². The molecule has 1 unspecified atom stereocenters. The Balaban J connectivity index is 1.58. The highest BCUT2D eigenvalue weighted by Crippen LogP contribution is 2.86. The topological polar surface area (TPSA) is 37.3 Å². The molecule has 2 nitrogen and oxygen atoms in total. The van der Waals surface area contributed by atoms with Crippen LogP contribution in [0.25, 0.3) is 0 Å². The van der Waals surface area contributed by atoms with E-state index >= 15 is 0 Å². The number of Topliss-reactive ketones (excluding diaryl/α,β-unsaturated/α-hetero) is 1. The van der Waals surface area contributed by atoms with Crippen molar-refractivity contribution in [3.8, 4) is 0 Å². The van der Waals surface area contributed by atoms with Crippen LogP contribution in [0.4, 0.5) is 0 Å². The Labute approximate surface area is 127 Å². The summed E-state index contributed by atoms with van der Waals surface area (Å²) in [7, 11) is 0. The molecule has 5 rings (SSSR count). The maximum atomic E-state index is 12.0. The average Bonchev–Trinajstić information content (AvgIpc) is 3.02. The zero-order valence-electron chi connectivity index (χ0n) is 13.4. The fourth-order valence-electron chi connectivity index (χ4n) is 8.14. The predicted octanol–water partition coefficient (Wildman–Crippen LogP) is 3.57. The van der Waals surface area contributed by atoms with Gasteiger partial charge in [0, 0.05) is 12.8 Å². The summed E-state index contributed by atoms with van der Waals surface area (Å²) in [5.74, 6) is 3.70. The van der Waals surface area contributed by atoms with Crippen LogP contribution in [0.5, 0.6) is 0 Å². The molecule has 2 heteroatoms. The van der Waals surface area contributed by atoms with Gasteiger partial charge in [0.05, 0.1) is 6.10 Å². The van der Waals surface area contributed by atoms with Crippen molar-refractivity contribution in [2.24, 2.45) is 39.9 Å². The minimum absolute atomic E-state index is 0.0690. The number of ketones is 1. The molecule has 0 heterocycles. The summed E-state index contributed by atoms with van der Waals surface area (Å²) in [6.07, 6.45) is 8.84. The molecule has 1 N–H and O–H groups in total. The predicted molar refractivity (Wildman–Crippen MR) is 80.6 cm³/mol. The van der Waals surface area contributed by atoms with Gasteiger partial charge in [-0.2, -0.15) is 0 Å². The minimum atomic E-state index is -0.0690. The lowest BCUT2D eigenvalue weighted by molar-refractivity contribution is -0.129. The standard InChI is InChI=1S/C19H28O2/c1-17-6-3-12(20)9-11(17)10-14-16-13(17)4-7-18(2)15(21)5-8-19(14,16)18/h11,13-16,21H,3-10H2,1-2H3/t11-,13+,14?,15+,16+,17+,18-,19+/m1/s1. The van der Waals surface area contributed by atoms with Crippen molar-refractivity contribution in [3.63, 3.8) is 0 Å². The third-order valence-corrected chi connectivity index (χ3v) is 9.35. The zero-order valence-corrected chi connectivity index (χ0v) is 13.4. The summed E-state index contributed by atoms with van der Waals surface area (Å²) < 4.78 is 0. The van der Waals surface area contributed by atoms with Crippen molar-refractivity contribution in [2.75, 3.05) is 0 Å². The van der Waals surface area contributed by atoms with Gasteiger partial charge in [-0.3, -0.25) is 4.79 Å². The van der Waals surface area contributed by atoms with Gasteiger partial charge in [0.25, 0.3) is 0 Å². The van der Waals surface area contributed by atoms with Crippen LogP contribution in [0.15, 0.2) is 0 Å². The third-order valence-electron chi connectivity index (χ3n) is 9.35. The van der Waals surface area contributed by atoms with E-state index < -0.39 is 0 Å². The molecular formula is C19H28O2. The summed E-state index contributed by atoms with van der Waals surface area (Å²) in [5.41, 5.74) is 1.07. The second-order valence-electron chi connectivity index (χ2n) is 9.47. The zero-order chi connectivity index (χ0) is 14.6. The van der Waals surface area contributed by atoms with E-state index in [2.05, 4.69) is 13.8 Å². The summed E-state index contributed by atoms with van der Waals surface area (Å²) in [6.45, 7) is 4.89. The summed E-state index contributed by atoms with van der Waals surface area (Å²) >= 11 is 0. The van der Waals surface area contributed by atoms with Crippen molar-refractivity contribution < 1.29 is 9.90 Å². The van der Waals surface area contributed by atoms with Gasteiger partial charge in [-0.15, -0.1) is 0 Å². The smallest absolute Gasteiger partial charge is 0.133 e. The van der Waals surface area contributed by atoms with E-state index in [-0.39, 0.29) is 11.5 Å². The molecule has 8 atom stereocenters. The van der Waals surface area contributed by atoms with Crippen LogP contribution in [-0.4, -0.2) is 17.0 Å². The van der Waals surface area contributed by atoms with E-state index in [1.165, 1.54) is 25.7 Å². The lowest BCUT2D eigenvalue weighted by Gasteiger charge is -2.52. The molecule has 5 aliphatic rings. The van der Waals surface area contributed by atoms with Gasteiger partial charge in [-0.1, -0.05) is 13.8 Å². The summed E-state index contributed by atoms with van der Waals surface area (Å²) in [4.78, 5) is 12.0. The average molecular weight is 288 g/mol. The van der Waals surface area contributed by atoms with Crippen LogP contribution in [0.1, 0.15) is 65.2 Å². The van der Waals surface area contributed by atoms with Gasteiger partial charge in [0.15, 0.2) is 0 Å². The van der Waals surface area contributed by atoms with Crippen LogP contribution in [0.3, 0.4) is 0 Å². The number of aliphatic hydroxyl groups excluding tert-OH is 1. The molecule has 1 spiro atoms. The van der Waals surface area contributed by atoms with E-state index in [9.17, 15) is 9.90 Å². The van der Waals surface area contributed by atoms with Crippen LogP contribution >= 0.6 is 0 Å². The maximum absolute atomic E-state index is 12.0. The number of fused-ring (bicyclic) bond motifs is 2. The molecular weight excluding hydrogens is 260 g/mol. The van der Waals surface area contributed by atoms with Gasteiger partial charge < -0.3 is 5.11 Å². The van der Waals surface area contributed by atoms with E-state index in [4.69, 9.17) is 0 Å². The second kappa shape index (κ2) is 3.58. The van der Waals surface area contributed by atoms with E-state index in [0.29, 0.717) is 22.5 Å². The first-order valence-electron chi connectivity index (χ1n) is 9.13. The number of rotatable bonds is 0. The highest BCUT2D eigenvalue weighted by molar-refractivity contribution is 5.79. The maximum Gasteiger partial charge on any atom is 0.133 e. The monoisotopic (exact) mass is 288 g/mol. The molecule has 0 amide bonds. The van der Waals surface area contributed by atoms with Crippen molar-refractivity contribution in [3.05, 3.63) is 0 Å². The molecule has 0 aromatic carbocycles. The van der Waals surface area contributed by atoms with Crippen LogP contribution in [-0.2, 0) is 4.79 Å². The molecule has 5 fully saturated rings. The van der Waals surface area contributed by atoms with E-state index in [1.807, 2.05) is 0 Å². The first-order chi connectivity index (χ1) is 9.93. The molecule has 5 aliphatic carbocycles. The molecule has 0 aliphatic heterocycles. The van der Waals surface area contributed by atoms with Gasteiger partial charge in [-0.05, 0) is 78.4 Å². The molecule has 21 heavy (non-hydrogen) atoms. The highest BCUT2D eigenvalue weighted by atomic mass is 16.3. The van der Waals surface area contributed by atoms with Crippen molar-refractivity contribution in [1.29, 1.82) is 0 Å². The Morgan fingerprint density at radius 3 is 2.71 bits per heavy atom. The van der Waals surface area contributed by atoms with Crippen molar-refractivity contribution in [1.82, 2.24) is 0 Å². The van der Waals surface area contributed by atoms with Gasteiger partial charge in [0.2, 0.25) is 0 Å². The quantitative estimate of drug-likeness (QED) is 0.740. The number of hydrogen-bond acceptors (Lipinski definition) is 2. The largest absolute Gasteiger partial charge is 0.393 e. The molecule has 0 aromatic heterocycles. The number of carbonyl (C=O) groups excluding carboxylic acids is 1. The summed E-state index contributed by atoms with van der Waals surface area (Å²) in [5, 5.41) is 10.6. The Morgan fingerprint density at radius 1 is 1.10 bits per heavy atom. The second-order valence-corrected chi connectivity index (χ2v) is 9.47. The molecule has 0 radical (unpaired) electrons. The normalized spacial score (nSPS) is 64.5. The Kier molecular flexibility index (Phi) is 2.23. The number of carbonyl (C=O) groups is 1. The summed E-state index contributed by atoms with van der Waals surface area (Å²) in [6, 6.07) is 0. The number of hydrogen-bond donors (Lipinski definition) is 1. The minimum Gasteiger partial charge on any atom is -0.393 e.